The zero-order valence-electron chi connectivity index (χ0n) is 27.7. The van der Waals surface area contributed by atoms with Crippen LogP contribution in [0.2, 0.25) is 0 Å². The summed E-state index contributed by atoms with van der Waals surface area (Å²) in [5.74, 6) is 1.08. The second-order valence-corrected chi connectivity index (χ2v) is 15.1. The lowest BCUT2D eigenvalue weighted by Gasteiger charge is -2.47. The number of nitrogens with zero attached hydrogens (tertiary/aromatic N) is 6. The number of H-pyrrole nitrogens is 1. The molecule has 1 N–H and O–H groups in total. The summed E-state index contributed by atoms with van der Waals surface area (Å²) in [4.78, 5) is 31.0. The number of para-hydroxylation sites is 1. The van der Waals surface area contributed by atoms with Gasteiger partial charge in [0.2, 0.25) is 10.0 Å². The van der Waals surface area contributed by atoms with Crippen LogP contribution in [0.15, 0.2) is 47.8 Å². The van der Waals surface area contributed by atoms with Gasteiger partial charge in [0.1, 0.15) is 17.1 Å². The van der Waals surface area contributed by atoms with E-state index >= 15 is 0 Å². The number of methoxy groups -OCH3 is 1. The van der Waals surface area contributed by atoms with E-state index in [9.17, 15) is 13.2 Å². The molecule has 246 valence electrons. The molecular weight excluding hydrogens is 602 g/mol. The number of fused-ring (bicyclic) bond motifs is 1. The maximum atomic E-state index is 13.9. The molecule has 11 nitrogen and oxygen atoms in total. The van der Waals surface area contributed by atoms with E-state index in [2.05, 4.69) is 19.4 Å². The van der Waals surface area contributed by atoms with Gasteiger partial charge in [-0.1, -0.05) is 6.07 Å². The molecule has 4 aromatic rings. The highest BCUT2D eigenvalue weighted by atomic mass is 32.2. The highest BCUT2D eigenvalue weighted by Gasteiger charge is 2.39. The highest BCUT2D eigenvalue weighted by Crippen LogP contribution is 2.42. The molecule has 2 aromatic heterocycles. The van der Waals surface area contributed by atoms with Crippen LogP contribution < -0.4 is 4.74 Å². The largest absolute Gasteiger partial charge is 0.497 e. The monoisotopic (exact) mass is 647 g/mol. The van der Waals surface area contributed by atoms with Crippen molar-refractivity contribution in [3.05, 3.63) is 71.1 Å². The van der Waals surface area contributed by atoms with Crippen LogP contribution >= 0.6 is 0 Å². The van der Waals surface area contributed by atoms with Crippen LogP contribution in [0.1, 0.15) is 71.7 Å². The number of imidazole rings is 2. The van der Waals surface area contributed by atoms with Crippen molar-refractivity contribution in [2.75, 3.05) is 40.3 Å². The average Bonchev–Trinajstić information content (AvgIpc) is 3.66. The summed E-state index contributed by atoms with van der Waals surface area (Å²) >= 11 is 0. The first-order chi connectivity index (χ1) is 21.9. The third kappa shape index (κ3) is 5.93. The molecule has 0 saturated carbocycles. The van der Waals surface area contributed by atoms with Crippen molar-refractivity contribution in [1.29, 1.82) is 0 Å². The van der Waals surface area contributed by atoms with Gasteiger partial charge in [0.05, 0.1) is 41.1 Å². The Morgan fingerprint density at radius 1 is 1.09 bits per heavy atom. The first-order valence-corrected chi connectivity index (χ1v) is 17.5. The topological polar surface area (TPSA) is 117 Å². The Bertz CT molecular complexity index is 1820. The van der Waals surface area contributed by atoms with Crippen LogP contribution in [0.5, 0.6) is 5.75 Å². The average molecular weight is 648 g/mol. The van der Waals surface area contributed by atoms with Crippen LogP contribution in [0.3, 0.4) is 0 Å². The fourth-order valence-corrected chi connectivity index (χ4v) is 8.92. The molecule has 2 saturated heterocycles. The molecule has 4 heterocycles. The third-order valence-corrected chi connectivity index (χ3v) is 12.6. The number of aryl methyl sites for hydroxylation is 3. The van der Waals surface area contributed by atoms with Gasteiger partial charge in [0, 0.05) is 39.9 Å². The summed E-state index contributed by atoms with van der Waals surface area (Å²) in [6.45, 7) is 9.86. The minimum Gasteiger partial charge on any atom is -0.497 e. The van der Waals surface area contributed by atoms with Gasteiger partial charge in [0.15, 0.2) is 0 Å². The van der Waals surface area contributed by atoms with Gasteiger partial charge < -0.3 is 19.2 Å². The van der Waals surface area contributed by atoms with Crippen molar-refractivity contribution in [2.24, 2.45) is 12.5 Å². The molecule has 2 fully saturated rings. The van der Waals surface area contributed by atoms with Crippen molar-refractivity contribution in [2.45, 2.75) is 63.9 Å². The van der Waals surface area contributed by atoms with E-state index in [0.717, 1.165) is 58.4 Å². The first-order valence-electron chi connectivity index (χ1n) is 16.0. The van der Waals surface area contributed by atoms with Gasteiger partial charge in [-0.3, -0.25) is 9.69 Å². The molecule has 1 spiro atoms. The van der Waals surface area contributed by atoms with E-state index in [1.54, 1.807) is 47.1 Å². The van der Waals surface area contributed by atoms with Crippen LogP contribution in [0.25, 0.3) is 11.0 Å². The standard InChI is InChI=1S/C34H45N7O4S/c1-23-18-27(45-6)19-24(2)31(23)46(43,44)39(5)25(3)32-36-29-9-7-8-28(30(29)37-32)33(42)41-16-12-34(13-17-41)10-14-40(15-11-34)21-26-20-35-22-38(26)4/h7-9,18-20,22,25H,10-17,21H2,1-6H3,(H,36,37). The minimum atomic E-state index is -3.85. The molecule has 2 aromatic carbocycles. The van der Waals surface area contributed by atoms with E-state index in [1.165, 1.54) is 10.00 Å². The first kappa shape index (κ1) is 32.2. The van der Waals surface area contributed by atoms with E-state index in [-0.39, 0.29) is 16.2 Å². The lowest BCUT2D eigenvalue weighted by molar-refractivity contribution is 0.0282. The van der Waals surface area contributed by atoms with Gasteiger partial charge in [0.25, 0.3) is 5.91 Å². The molecule has 0 aliphatic carbocycles. The molecule has 0 radical (unpaired) electrons. The lowest BCUT2D eigenvalue weighted by Crippen LogP contribution is -2.48. The number of hydrogen-bond donors (Lipinski definition) is 1. The number of amides is 1. The Morgan fingerprint density at radius 3 is 2.35 bits per heavy atom. The molecule has 2 aliphatic heterocycles. The second-order valence-electron chi connectivity index (χ2n) is 13.2. The molecular formula is C34H45N7O4S. The maximum Gasteiger partial charge on any atom is 0.256 e. The summed E-state index contributed by atoms with van der Waals surface area (Å²) in [6, 6.07) is 8.42. The zero-order chi connectivity index (χ0) is 32.8. The summed E-state index contributed by atoms with van der Waals surface area (Å²) in [5.41, 5.74) is 4.58. The fraction of sp³-hybridized carbons (Fsp3) is 0.500. The number of hydrogen-bond acceptors (Lipinski definition) is 7. The number of aromatic amines is 1. The number of ether oxygens (including phenoxy) is 1. The molecule has 46 heavy (non-hydrogen) atoms. The van der Waals surface area contributed by atoms with Crippen LogP contribution in [0.4, 0.5) is 0 Å². The minimum absolute atomic E-state index is 0.0229. The molecule has 1 amide bonds. The number of likely N-dealkylation sites (tertiary alicyclic amines) is 2. The Hall–Kier alpha value is -3.74. The van der Waals surface area contributed by atoms with Crippen molar-refractivity contribution < 1.29 is 17.9 Å². The van der Waals surface area contributed by atoms with Crippen molar-refractivity contribution in [1.82, 2.24) is 33.6 Å². The van der Waals surface area contributed by atoms with Crippen molar-refractivity contribution >= 4 is 27.0 Å². The number of nitrogens with one attached hydrogen (secondary N) is 1. The Labute approximate surface area is 271 Å². The number of carbonyl (C=O) groups is 1. The summed E-state index contributed by atoms with van der Waals surface area (Å²) in [7, 11) is 1.32. The van der Waals surface area contributed by atoms with Crippen molar-refractivity contribution in [3.8, 4) is 5.75 Å². The van der Waals surface area contributed by atoms with E-state index < -0.39 is 16.1 Å². The number of aromatic nitrogens is 4. The molecule has 6 rings (SSSR count). The second kappa shape index (κ2) is 12.5. The van der Waals surface area contributed by atoms with Crippen LogP contribution in [0, 0.1) is 19.3 Å². The fourth-order valence-electron chi connectivity index (χ4n) is 7.19. The van der Waals surface area contributed by atoms with Gasteiger partial charge in [-0.05, 0) is 100 Å². The summed E-state index contributed by atoms with van der Waals surface area (Å²) in [6.07, 6.45) is 8.10. The third-order valence-electron chi connectivity index (χ3n) is 10.3. The number of carbonyl (C=O) groups excluding carboxylic acids is 1. The maximum absolute atomic E-state index is 13.9. The number of sulfonamides is 1. The smallest absolute Gasteiger partial charge is 0.256 e. The van der Waals surface area contributed by atoms with Crippen LogP contribution in [-0.2, 0) is 23.6 Å². The SMILES string of the molecule is COc1cc(C)c(S(=O)(=O)N(C)C(C)c2nc3c(C(=O)N4CCC5(CCN(Cc6cncn6C)CC5)CC4)cccc3[nH]2)c(C)c1. The van der Waals surface area contributed by atoms with E-state index in [4.69, 9.17) is 9.72 Å². The van der Waals surface area contributed by atoms with Gasteiger partial charge >= 0.3 is 0 Å². The molecule has 1 atom stereocenters. The Morgan fingerprint density at radius 2 is 1.74 bits per heavy atom. The molecule has 2 aliphatic rings. The number of rotatable bonds is 8. The van der Waals surface area contributed by atoms with Crippen LogP contribution in [-0.4, -0.2) is 88.3 Å². The summed E-state index contributed by atoms with van der Waals surface area (Å²) < 4.78 is 36.3. The molecule has 0 bridgehead atoms. The molecule has 1 unspecified atom stereocenters. The lowest BCUT2D eigenvalue weighted by atomic mass is 9.71. The zero-order valence-corrected chi connectivity index (χ0v) is 28.5. The van der Waals surface area contributed by atoms with Crippen molar-refractivity contribution in [3.63, 3.8) is 0 Å². The summed E-state index contributed by atoms with van der Waals surface area (Å²) in [5, 5.41) is 0. The van der Waals surface area contributed by atoms with Gasteiger partial charge in [-0.2, -0.15) is 4.31 Å². The Kier molecular flexibility index (Phi) is 8.73. The highest BCUT2D eigenvalue weighted by molar-refractivity contribution is 7.89. The van der Waals surface area contributed by atoms with Gasteiger partial charge in [-0.25, -0.2) is 18.4 Å². The number of piperidine rings is 2. The van der Waals surface area contributed by atoms with E-state index in [1.807, 2.05) is 42.7 Å². The predicted octanol–water partition coefficient (Wildman–Crippen LogP) is 4.82. The van der Waals surface area contributed by atoms with E-state index in [0.29, 0.717) is 39.3 Å². The Balaban J connectivity index is 1.14. The predicted molar refractivity (Wildman–Crippen MR) is 177 cm³/mol. The number of benzene rings is 2. The van der Waals surface area contributed by atoms with Gasteiger partial charge in [-0.15, -0.1) is 0 Å². The quantitative estimate of drug-likeness (QED) is 0.292. The normalized spacial score (nSPS) is 18.0. The molecule has 12 heteroatoms.